The highest BCUT2D eigenvalue weighted by molar-refractivity contribution is 5.45. The standard InChI is InChI=1S/C12H13N7O/c1-8-4-10-12(20)18(2-3-19(10)17-8)7-9-5-15-11(16-13)6-14-9/h2-6H,7,13H2,1H3,(H,15,16). The predicted octanol–water partition coefficient (Wildman–Crippen LogP) is -0.0717. The molecule has 8 heteroatoms. The second kappa shape index (κ2) is 4.74. The van der Waals surface area contributed by atoms with E-state index in [-0.39, 0.29) is 5.56 Å². The van der Waals surface area contributed by atoms with E-state index in [1.165, 1.54) is 6.20 Å². The van der Waals surface area contributed by atoms with Gasteiger partial charge in [0.15, 0.2) is 5.82 Å². The zero-order chi connectivity index (χ0) is 14.1. The first-order chi connectivity index (χ1) is 9.67. The van der Waals surface area contributed by atoms with Crippen molar-refractivity contribution >= 4 is 11.3 Å². The zero-order valence-corrected chi connectivity index (χ0v) is 10.8. The molecule has 3 aromatic heterocycles. The van der Waals surface area contributed by atoms with Crippen molar-refractivity contribution in [3.05, 3.63) is 52.6 Å². The number of fused-ring (bicyclic) bond motifs is 1. The van der Waals surface area contributed by atoms with E-state index in [9.17, 15) is 4.79 Å². The summed E-state index contributed by atoms with van der Waals surface area (Å²) in [6.07, 6.45) is 6.51. The number of rotatable bonds is 3. The Morgan fingerprint density at radius 2 is 2.15 bits per heavy atom. The number of nitrogens with two attached hydrogens (primary N) is 1. The average molecular weight is 271 g/mol. The fourth-order valence-corrected chi connectivity index (χ4v) is 1.96. The van der Waals surface area contributed by atoms with Crippen LogP contribution in [0.1, 0.15) is 11.4 Å². The molecule has 3 heterocycles. The van der Waals surface area contributed by atoms with Crippen molar-refractivity contribution < 1.29 is 0 Å². The van der Waals surface area contributed by atoms with E-state index in [0.717, 1.165) is 5.69 Å². The minimum atomic E-state index is -0.115. The Morgan fingerprint density at radius 3 is 2.85 bits per heavy atom. The summed E-state index contributed by atoms with van der Waals surface area (Å²) in [4.78, 5) is 20.5. The molecule has 0 unspecified atom stereocenters. The number of hydrogen-bond acceptors (Lipinski definition) is 6. The smallest absolute Gasteiger partial charge is 0.276 e. The molecule has 0 amide bonds. The number of nitrogens with zero attached hydrogens (tertiary/aromatic N) is 5. The molecule has 0 aliphatic rings. The van der Waals surface area contributed by atoms with Crippen molar-refractivity contribution in [1.29, 1.82) is 0 Å². The van der Waals surface area contributed by atoms with Crippen LogP contribution in [-0.4, -0.2) is 24.1 Å². The summed E-state index contributed by atoms with van der Waals surface area (Å²) in [7, 11) is 0. The Labute approximate surface area is 113 Å². The molecule has 0 spiro atoms. The number of nitrogens with one attached hydrogen (secondary N) is 1. The van der Waals surface area contributed by atoms with Crippen molar-refractivity contribution in [2.75, 3.05) is 5.43 Å². The summed E-state index contributed by atoms with van der Waals surface area (Å²) < 4.78 is 3.14. The quantitative estimate of drug-likeness (QED) is 0.510. The lowest BCUT2D eigenvalue weighted by Crippen LogP contribution is -2.22. The Bertz CT molecular complexity index is 803. The van der Waals surface area contributed by atoms with Crippen LogP contribution in [0.2, 0.25) is 0 Å². The molecule has 3 rings (SSSR count). The highest BCUT2D eigenvalue weighted by atomic mass is 16.1. The Balaban J connectivity index is 1.97. The van der Waals surface area contributed by atoms with Crippen molar-refractivity contribution in [1.82, 2.24) is 24.1 Å². The van der Waals surface area contributed by atoms with Crippen LogP contribution >= 0.6 is 0 Å². The lowest BCUT2D eigenvalue weighted by Gasteiger charge is -2.06. The minimum Gasteiger partial charge on any atom is -0.307 e. The van der Waals surface area contributed by atoms with Gasteiger partial charge in [-0.15, -0.1) is 0 Å². The van der Waals surface area contributed by atoms with Gasteiger partial charge in [0, 0.05) is 12.4 Å². The van der Waals surface area contributed by atoms with Crippen LogP contribution in [0.4, 0.5) is 5.82 Å². The van der Waals surface area contributed by atoms with Gasteiger partial charge in [-0.25, -0.2) is 15.3 Å². The molecule has 0 aliphatic carbocycles. The first-order valence-corrected chi connectivity index (χ1v) is 6.00. The van der Waals surface area contributed by atoms with Gasteiger partial charge >= 0.3 is 0 Å². The van der Waals surface area contributed by atoms with Gasteiger partial charge in [0.05, 0.1) is 30.3 Å². The summed E-state index contributed by atoms with van der Waals surface area (Å²) >= 11 is 0. The second-order valence-corrected chi connectivity index (χ2v) is 4.38. The molecule has 3 N–H and O–H groups in total. The molecule has 20 heavy (non-hydrogen) atoms. The average Bonchev–Trinajstić information content (AvgIpc) is 2.84. The van der Waals surface area contributed by atoms with Gasteiger partial charge in [0.25, 0.3) is 5.56 Å². The first kappa shape index (κ1) is 12.3. The van der Waals surface area contributed by atoms with Crippen LogP contribution in [0.25, 0.3) is 5.52 Å². The summed E-state index contributed by atoms with van der Waals surface area (Å²) in [5.41, 5.74) is 4.30. The Kier molecular flexibility index (Phi) is 2.92. The largest absolute Gasteiger partial charge is 0.307 e. The molecular weight excluding hydrogens is 258 g/mol. The van der Waals surface area contributed by atoms with Gasteiger partial charge in [-0.05, 0) is 13.0 Å². The molecule has 0 atom stereocenters. The van der Waals surface area contributed by atoms with Crippen LogP contribution in [0.5, 0.6) is 0 Å². The van der Waals surface area contributed by atoms with Crippen LogP contribution in [0.15, 0.2) is 35.6 Å². The first-order valence-electron chi connectivity index (χ1n) is 6.00. The van der Waals surface area contributed by atoms with Crippen molar-refractivity contribution in [3.63, 3.8) is 0 Å². The number of nitrogen functional groups attached to an aromatic ring is 1. The number of hydrogen-bond donors (Lipinski definition) is 2. The topological polar surface area (TPSA) is 103 Å². The normalized spacial score (nSPS) is 10.9. The maximum Gasteiger partial charge on any atom is 0.276 e. The van der Waals surface area contributed by atoms with Gasteiger partial charge in [-0.1, -0.05) is 0 Å². The maximum absolute atomic E-state index is 12.3. The van der Waals surface area contributed by atoms with Gasteiger partial charge in [-0.2, -0.15) is 5.10 Å². The number of aryl methyl sites for hydroxylation is 1. The lowest BCUT2D eigenvalue weighted by molar-refractivity contribution is 0.722. The third kappa shape index (κ3) is 2.12. The molecule has 102 valence electrons. The van der Waals surface area contributed by atoms with Gasteiger partial charge in [0.1, 0.15) is 5.52 Å². The summed E-state index contributed by atoms with van der Waals surface area (Å²) in [5, 5.41) is 4.20. The fraction of sp³-hybridized carbons (Fsp3) is 0.167. The zero-order valence-electron chi connectivity index (χ0n) is 10.8. The third-order valence-electron chi connectivity index (χ3n) is 2.91. The number of hydrazine groups is 1. The molecular formula is C12H13N7O. The molecule has 3 aromatic rings. The fourth-order valence-electron chi connectivity index (χ4n) is 1.96. The van der Waals surface area contributed by atoms with E-state index in [4.69, 9.17) is 5.84 Å². The molecule has 0 radical (unpaired) electrons. The molecule has 0 saturated carbocycles. The van der Waals surface area contributed by atoms with Crippen LogP contribution in [0, 0.1) is 6.92 Å². The van der Waals surface area contributed by atoms with E-state index in [1.807, 2.05) is 6.92 Å². The van der Waals surface area contributed by atoms with Crippen molar-refractivity contribution in [2.45, 2.75) is 13.5 Å². The maximum atomic E-state index is 12.3. The van der Waals surface area contributed by atoms with Gasteiger partial charge in [0.2, 0.25) is 0 Å². The summed E-state index contributed by atoms with van der Waals surface area (Å²) in [5.74, 6) is 5.70. The molecule has 0 saturated heterocycles. The SMILES string of the molecule is Cc1cc2c(=O)n(Cc3cnc(NN)cn3)ccn2n1. The molecule has 0 bridgehead atoms. The van der Waals surface area contributed by atoms with Crippen LogP contribution in [-0.2, 0) is 6.54 Å². The van der Waals surface area contributed by atoms with Gasteiger partial charge < -0.3 is 9.99 Å². The Hall–Kier alpha value is -2.74. The lowest BCUT2D eigenvalue weighted by atomic mass is 10.4. The highest BCUT2D eigenvalue weighted by Crippen LogP contribution is 2.03. The minimum absolute atomic E-state index is 0.115. The van der Waals surface area contributed by atoms with Gasteiger partial charge in [-0.3, -0.25) is 9.78 Å². The third-order valence-corrected chi connectivity index (χ3v) is 2.91. The second-order valence-electron chi connectivity index (χ2n) is 4.38. The monoisotopic (exact) mass is 271 g/mol. The van der Waals surface area contributed by atoms with Crippen LogP contribution in [0.3, 0.4) is 0 Å². The Morgan fingerprint density at radius 1 is 1.30 bits per heavy atom. The van der Waals surface area contributed by atoms with Crippen LogP contribution < -0.4 is 16.8 Å². The predicted molar refractivity (Wildman–Crippen MR) is 73.1 cm³/mol. The van der Waals surface area contributed by atoms with E-state index in [2.05, 4.69) is 20.5 Å². The van der Waals surface area contributed by atoms with Crippen molar-refractivity contribution in [3.8, 4) is 0 Å². The summed E-state index contributed by atoms with van der Waals surface area (Å²) in [6, 6.07) is 1.76. The molecule has 0 aliphatic heterocycles. The summed E-state index contributed by atoms with van der Waals surface area (Å²) in [6.45, 7) is 2.19. The number of anilines is 1. The van der Waals surface area contributed by atoms with E-state index >= 15 is 0 Å². The van der Waals surface area contributed by atoms with E-state index in [0.29, 0.717) is 23.6 Å². The molecule has 0 fully saturated rings. The van der Waals surface area contributed by atoms with E-state index in [1.54, 1.807) is 33.7 Å². The van der Waals surface area contributed by atoms with E-state index < -0.39 is 0 Å². The number of aromatic nitrogens is 5. The highest BCUT2D eigenvalue weighted by Gasteiger charge is 2.06. The molecule has 8 nitrogen and oxygen atoms in total. The molecule has 0 aromatic carbocycles. The van der Waals surface area contributed by atoms with Crippen molar-refractivity contribution in [2.24, 2.45) is 5.84 Å².